The summed E-state index contributed by atoms with van der Waals surface area (Å²) >= 11 is 0. The van der Waals surface area contributed by atoms with E-state index in [2.05, 4.69) is 21.4 Å². The van der Waals surface area contributed by atoms with Crippen molar-refractivity contribution >= 4 is 0 Å². The van der Waals surface area contributed by atoms with Crippen molar-refractivity contribution in [2.24, 2.45) is 5.92 Å². The molecule has 0 amide bonds. The fraction of sp³-hybridized carbons (Fsp3) is 0.500. The first-order chi connectivity index (χ1) is 11.2. The number of rotatable bonds is 5. The first-order valence-corrected chi connectivity index (χ1v) is 8.30. The molecular weight excluding hydrogens is 293 g/mol. The minimum absolute atomic E-state index is 0.193. The highest BCUT2D eigenvalue weighted by molar-refractivity contribution is 5.17. The van der Waals surface area contributed by atoms with Crippen LogP contribution in [0.3, 0.4) is 0 Å². The van der Waals surface area contributed by atoms with Crippen LogP contribution in [0.15, 0.2) is 36.7 Å². The number of hydrogen-bond acceptors (Lipinski definition) is 3. The zero-order valence-electron chi connectivity index (χ0n) is 13.5. The predicted molar refractivity (Wildman–Crippen MR) is 87.4 cm³/mol. The van der Waals surface area contributed by atoms with E-state index >= 15 is 0 Å². The Balaban J connectivity index is 1.57. The lowest BCUT2D eigenvalue weighted by molar-refractivity contribution is 0.0174. The van der Waals surface area contributed by atoms with Crippen molar-refractivity contribution < 1.29 is 9.50 Å². The average Bonchev–Trinajstić information content (AvgIpc) is 2.97. The van der Waals surface area contributed by atoms with Gasteiger partial charge in [0, 0.05) is 25.5 Å². The van der Waals surface area contributed by atoms with Crippen LogP contribution in [0.4, 0.5) is 4.39 Å². The number of aliphatic hydroxyl groups excluding tert-OH is 1. The first-order valence-electron chi connectivity index (χ1n) is 8.30. The van der Waals surface area contributed by atoms with Gasteiger partial charge in [0.15, 0.2) is 0 Å². The highest BCUT2D eigenvalue weighted by Crippen LogP contribution is 2.23. The Morgan fingerprint density at radius 2 is 2.26 bits per heavy atom. The van der Waals surface area contributed by atoms with Crippen molar-refractivity contribution in [2.75, 3.05) is 13.1 Å². The summed E-state index contributed by atoms with van der Waals surface area (Å²) in [4.78, 5) is 6.65. The Labute approximate surface area is 136 Å². The third kappa shape index (κ3) is 3.98. The van der Waals surface area contributed by atoms with Gasteiger partial charge >= 0.3 is 0 Å². The van der Waals surface area contributed by atoms with Crippen molar-refractivity contribution in [2.45, 2.75) is 39.0 Å². The van der Waals surface area contributed by atoms with Crippen LogP contribution in [0.1, 0.15) is 24.7 Å². The molecule has 0 aliphatic carbocycles. The molecule has 2 atom stereocenters. The lowest BCUT2D eigenvalue weighted by Gasteiger charge is -2.35. The van der Waals surface area contributed by atoms with Gasteiger partial charge in [0.2, 0.25) is 0 Å². The van der Waals surface area contributed by atoms with E-state index in [4.69, 9.17) is 0 Å². The first kappa shape index (κ1) is 16.1. The van der Waals surface area contributed by atoms with E-state index in [1.165, 1.54) is 6.07 Å². The Kier molecular flexibility index (Phi) is 5.08. The smallest absolute Gasteiger partial charge is 0.123 e. The molecule has 1 aromatic carbocycles. The highest BCUT2D eigenvalue weighted by Gasteiger charge is 2.28. The Morgan fingerprint density at radius 3 is 3.00 bits per heavy atom. The molecule has 0 radical (unpaired) electrons. The monoisotopic (exact) mass is 317 g/mol. The second-order valence-electron chi connectivity index (χ2n) is 6.31. The average molecular weight is 317 g/mol. The molecule has 0 unspecified atom stereocenters. The van der Waals surface area contributed by atoms with Gasteiger partial charge in [0.1, 0.15) is 11.6 Å². The van der Waals surface area contributed by atoms with E-state index in [1.807, 2.05) is 18.5 Å². The number of aryl methyl sites for hydroxylation is 1. The van der Waals surface area contributed by atoms with Crippen LogP contribution in [0.2, 0.25) is 0 Å². The van der Waals surface area contributed by atoms with Crippen molar-refractivity contribution in [1.82, 2.24) is 14.5 Å². The molecule has 0 saturated carbocycles. The molecule has 1 aromatic heterocycles. The van der Waals surface area contributed by atoms with E-state index in [-0.39, 0.29) is 17.8 Å². The highest BCUT2D eigenvalue weighted by atomic mass is 19.1. The number of halogens is 1. The van der Waals surface area contributed by atoms with Gasteiger partial charge in [-0.2, -0.15) is 0 Å². The molecule has 1 saturated heterocycles. The summed E-state index contributed by atoms with van der Waals surface area (Å²) in [6.45, 7) is 5.37. The fourth-order valence-corrected chi connectivity index (χ4v) is 3.37. The van der Waals surface area contributed by atoms with Crippen LogP contribution in [0, 0.1) is 11.7 Å². The molecule has 1 N–H and O–H groups in total. The number of aliphatic hydroxyl groups is 1. The summed E-state index contributed by atoms with van der Waals surface area (Å²) in [5.74, 6) is 1.03. The number of nitrogens with zero attached hydrogens (tertiary/aromatic N) is 3. The number of piperidine rings is 1. The Hall–Kier alpha value is -1.72. The molecule has 1 aliphatic heterocycles. The zero-order chi connectivity index (χ0) is 16.2. The Morgan fingerprint density at radius 1 is 1.39 bits per heavy atom. The van der Waals surface area contributed by atoms with Gasteiger partial charge in [-0.1, -0.05) is 12.1 Å². The topological polar surface area (TPSA) is 41.3 Å². The van der Waals surface area contributed by atoms with Gasteiger partial charge in [-0.15, -0.1) is 0 Å². The molecule has 2 heterocycles. The van der Waals surface area contributed by atoms with E-state index < -0.39 is 0 Å². The summed E-state index contributed by atoms with van der Waals surface area (Å²) in [7, 11) is 0. The number of β-amino-alcohol motifs (C(OH)–C–C–N with tert-alkyl or cyclic N) is 1. The number of benzene rings is 1. The van der Waals surface area contributed by atoms with Crippen molar-refractivity contribution in [1.29, 1.82) is 0 Å². The van der Waals surface area contributed by atoms with Crippen LogP contribution in [-0.2, 0) is 19.5 Å². The van der Waals surface area contributed by atoms with Crippen LogP contribution < -0.4 is 0 Å². The molecule has 3 rings (SSSR count). The lowest BCUT2D eigenvalue weighted by atomic mass is 9.88. The van der Waals surface area contributed by atoms with Gasteiger partial charge in [0.05, 0.1) is 12.6 Å². The van der Waals surface area contributed by atoms with Gasteiger partial charge in [-0.3, -0.25) is 4.90 Å². The summed E-state index contributed by atoms with van der Waals surface area (Å²) in [6, 6.07) is 6.69. The van der Waals surface area contributed by atoms with Crippen LogP contribution >= 0.6 is 0 Å². The molecule has 0 bridgehead atoms. The molecule has 0 spiro atoms. The minimum atomic E-state index is -0.378. The molecule has 23 heavy (non-hydrogen) atoms. The maximum absolute atomic E-state index is 13.3. The van der Waals surface area contributed by atoms with Gasteiger partial charge in [0.25, 0.3) is 0 Å². The second-order valence-corrected chi connectivity index (χ2v) is 6.31. The fourth-order valence-electron chi connectivity index (χ4n) is 3.37. The maximum atomic E-state index is 13.3. The van der Waals surface area contributed by atoms with E-state index in [0.717, 1.165) is 43.9 Å². The summed E-state index contributed by atoms with van der Waals surface area (Å²) in [5.41, 5.74) is 0.962. The van der Waals surface area contributed by atoms with Crippen molar-refractivity contribution in [3.63, 3.8) is 0 Å². The molecule has 124 valence electrons. The standard InChI is InChI=1S/C18H24FN3O/c1-2-22-9-7-20-18(22)13-21-8-6-15(17(23)12-21)10-14-4-3-5-16(19)11-14/h3-5,7,9,11,15,17,23H,2,6,8,10,12-13H2,1H3/t15-,17-/m1/s1. The molecule has 5 heteroatoms. The zero-order valence-corrected chi connectivity index (χ0v) is 13.5. The SMILES string of the molecule is CCn1ccnc1CN1CC[C@H](Cc2cccc(F)c2)[C@H](O)C1. The van der Waals surface area contributed by atoms with E-state index in [9.17, 15) is 9.50 Å². The van der Waals surface area contributed by atoms with Gasteiger partial charge < -0.3 is 9.67 Å². The molecular formula is C18H24FN3O. The van der Waals surface area contributed by atoms with E-state index in [1.54, 1.807) is 12.1 Å². The third-order valence-corrected chi connectivity index (χ3v) is 4.70. The largest absolute Gasteiger partial charge is 0.391 e. The second kappa shape index (κ2) is 7.23. The number of hydrogen-bond donors (Lipinski definition) is 1. The third-order valence-electron chi connectivity index (χ3n) is 4.70. The van der Waals surface area contributed by atoms with Crippen LogP contribution in [0.25, 0.3) is 0 Å². The van der Waals surface area contributed by atoms with Gasteiger partial charge in [-0.05, 0) is 49.9 Å². The quantitative estimate of drug-likeness (QED) is 0.921. The minimum Gasteiger partial charge on any atom is -0.391 e. The number of imidazole rings is 1. The summed E-state index contributed by atoms with van der Waals surface area (Å²) < 4.78 is 15.4. The summed E-state index contributed by atoms with van der Waals surface area (Å²) in [5, 5.41) is 10.5. The molecule has 1 fully saturated rings. The number of aromatic nitrogens is 2. The molecule has 2 aromatic rings. The molecule has 1 aliphatic rings. The number of likely N-dealkylation sites (tertiary alicyclic amines) is 1. The van der Waals surface area contributed by atoms with Crippen LogP contribution in [0.5, 0.6) is 0 Å². The normalized spacial score (nSPS) is 22.4. The van der Waals surface area contributed by atoms with Gasteiger partial charge in [-0.25, -0.2) is 9.37 Å². The van der Waals surface area contributed by atoms with Crippen molar-refractivity contribution in [3.05, 3.63) is 53.9 Å². The maximum Gasteiger partial charge on any atom is 0.123 e. The van der Waals surface area contributed by atoms with Crippen molar-refractivity contribution in [3.8, 4) is 0 Å². The van der Waals surface area contributed by atoms with Crippen LogP contribution in [-0.4, -0.2) is 38.8 Å². The van der Waals surface area contributed by atoms with E-state index in [0.29, 0.717) is 6.54 Å². The Bertz CT molecular complexity index is 643. The summed E-state index contributed by atoms with van der Waals surface area (Å²) in [6.07, 6.45) is 5.09. The molecule has 4 nitrogen and oxygen atoms in total. The lowest BCUT2D eigenvalue weighted by Crippen LogP contribution is -2.44. The predicted octanol–water partition coefficient (Wildman–Crippen LogP) is 2.47.